The van der Waals surface area contributed by atoms with Gasteiger partial charge < -0.3 is 25.9 Å². The van der Waals surface area contributed by atoms with Crippen LogP contribution in [0.3, 0.4) is 0 Å². The number of benzene rings is 1. The highest BCUT2D eigenvalue weighted by molar-refractivity contribution is 9.10. The number of nitrogens with one attached hydrogen (secondary N) is 3. The van der Waals surface area contributed by atoms with Crippen molar-refractivity contribution in [2.75, 3.05) is 11.9 Å². The van der Waals surface area contributed by atoms with Crippen LogP contribution in [0.25, 0.3) is 0 Å². The molecule has 0 saturated carbocycles. The van der Waals surface area contributed by atoms with Crippen LogP contribution in [0.4, 0.5) is 14.9 Å². The summed E-state index contributed by atoms with van der Waals surface area (Å²) in [7, 11) is 0. The predicted molar refractivity (Wildman–Crippen MR) is 94.6 cm³/mol. The van der Waals surface area contributed by atoms with Gasteiger partial charge in [0, 0.05) is 4.47 Å². The third kappa shape index (κ3) is 7.18. The maximum atomic E-state index is 13.8. The molecule has 1 rings (SSSR count). The molecular formula is C16H21BrFN3O4. The Bertz CT molecular complexity index is 627. The third-order valence-electron chi connectivity index (χ3n) is 3.20. The fourth-order valence-corrected chi connectivity index (χ4v) is 2.35. The van der Waals surface area contributed by atoms with Gasteiger partial charge in [-0.2, -0.15) is 0 Å². The lowest BCUT2D eigenvalue weighted by Gasteiger charge is -2.22. The number of halogens is 2. The minimum absolute atomic E-state index is 0.0365. The summed E-state index contributed by atoms with van der Waals surface area (Å²) in [4.78, 5) is 35.0. The molecule has 1 unspecified atom stereocenters. The van der Waals surface area contributed by atoms with Crippen LogP contribution in [0.5, 0.6) is 0 Å². The van der Waals surface area contributed by atoms with E-state index in [2.05, 4.69) is 31.9 Å². The van der Waals surface area contributed by atoms with Crippen molar-refractivity contribution in [1.82, 2.24) is 10.6 Å². The fourth-order valence-electron chi connectivity index (χ4n) is 2.02. The summed E-state index contributed by atoms with van der Waals surface area (Å²) in [5.41, 5.74) is -0.0365. The molecule has 7 nitrogen and oxygen atoms in total. The first-order valence-electron chi connectivity index (χ1n) is 7.65. The van der Waals surface area contributed by atoms with E-state index in [1.54, 1.807) is 6.07 Å². The van der Waals surface area contributed by atoms with Crippen molar-refractivity contribution in [3.63, 3.8) is 0 Å². The molecule has 1 aromatic rings. The predicted octanol–water partition coefficient (Wildman–Crippen LogP) is 1.80. The smallest absolute Gasteiger partial charge is 0.319 e. The van der Waals surface area contributed by atoms with Gasteiger partial charge in [-0.25, -0.2) is 9.18 Å². The minimum atomic E-state index is -1.05. The fraction of sp³-hybridized carbons (Fsp3) is 0.438. The van der Waals surface area contributed by atoms with E-state index in [0.717, 1.165) is 0 Å². The van der Waals surface area contributed by atoms with Crippen molar-refractivity contribution < 1.29 is 23.9 Å². The van der Waals surface area contributed by atoms with Gasteiger partial charge in [0.2, 0.25) is 5.91 Å². The number of aldehydes is 1. The molecule has 0 aliphatic rings. The van der Waals surface area contributed by atoms with Gasteiger partial charge in [-0.3, -0.25) is 4.79 Å². The lowest BCUT2D eigenvalue weighted by Crippen LogP contribution is -2.52. The van der Waals surface area contributed by atoms with Crippen molar-refractivity contribution in [3.8, 4) is 0 Å². The van der Waals surface area contributed by atoms with Crippen LogP contribution in [-0.2, 0) is 9.59 Å². The summed E-state index contributed by atoms with van der Waals surface area (Å²) >= 11 is 3.12. The van der Waals surface area contributed by atoms with Gasteiger partial charge in [0.05, 0.1) is 12.3 Å². The highest BCUT2D eigenvalue weighted by Crippen LogP contribution is 2.19. The number of amides is 3. The van der Waals surface area contributed by atoms with Crippen molar-refractivity contribution >= 4 is 39.8 Å². The molecule has 0 fully saturated rings. The van der Waals surface area contributed by atoms with E-state index in [0.29, 0.717) is 17.2 Å². The second kappa shape index (κ2) is 10.1. The zero-order chi connectivity index (χ0) is 19.0. The topological polar surface area (TPSA) is 108 Å². The largest absolute Gasteiger partial charge is 0.394 e. The van der Waals surface area contributed by atoms with E-state index in [1.807, 2.05) is 13.8 Å². The van der Waals surface area contributed by atoms with E-state index >= 15 is 0 Å². The Kier molecular flexibility index (Phi) is 8.50. The van der Waals surface area contributed by atoms with E-state index in [-0.39, 0.29) is 11.6 Å². The minimum Gasteiger partial charge on any atom is -0.394 e. The second-order valence-corrected chi connectivity index (χ2v) is 6.75. The second-order valence-electron chi connectivity index (χ2n) is 5.84. The number of aliphatic hydroxyl groups is 1. The number of urea groups is 1. The monoisotopic (exact) mass is 417 g/mol. The molecular weight excluding hydrogens is 397 g/mol. The summed E-state index contributed by atoms with van der Waals surface area (Å²) in [6.07, 6.45) is 0.709. The Morgan fingerprint density at radius 2 is 2.00 bits per heavy atom. The summed E-state index contributed by atoms with van der Waals surface area (Å²) in [5.74, 6) is -1.16. The normalized spacial score (nSPS) is 13.0. The Morgan fingerprint density at radius 3 is 2.52 bits per heavy atom. The van der Waals surface area contributed by atoms with Gasteiger partial charge in [0.1, 0.15) is 24.2 Å². The van der Waals surface area contributed by atoms with Gasteiger partial charge in [-0.1, -0.05) is 29.8 Å². The number of rotatable bonds is 8. The molecule has 0 spiro atoms. The van der Waals surface area contributed by atoms with Crippen molar-refractivity contribution in [1.29, 1.82) is 0 Å². The molecule has 0 saturated heterocycles. The van der Waals surface area contributed by atoms with Crippen molar-refractivity contribution in [2.45, 2.75) is 32.4 Å². The molecule has 0 bridgehead atoms. The third-order valence-corrected chi connectivity index (χ3v) is 3.69. The van der Waals surface area contributed by atoms with Crippen LogP contribution in [-0.4, -0.2) is 42.0 Å². The number of hydrogen-bond acceptors (Lipinski definition) is 4. The zero-order valence-corrected chi connectivity index (χ0v) is 15.5. The lowest BCUT2D eigenvalue weighted by molar-refractivity contribution is -0.126. The first-order chi connectivity index (χ1) is 11.8. The Balaban J connectivity index is 2.77. The van der Waals surface area contributed by atoms with E-state index < -0.39 is 36.4 Å². The summed E-state index contributed by atoms with van der Waals surface area (Å²) < 4.78 is 14.3. The highest BCUT2D eigenvalue weighted by atomic mass is 79.9. The number of carbonyl (C=O) groups is 3. The van der Waals surface area contributed by atoms with Gasteiger partial charge in [0.25, 0.3) is 0 Å². The molecule has 3 amide bonds. The van der Waals surface area contributed by atoms with Gasteiger partial charge in [-0.05, 0) is 30.5 Å². The molecule has 0 aliphatic carbocycles. The molecule has 2 atom stereocenters. The molecule has 0 heterocycles. The molecule has 4 N–H and O–H groups in total. The van der Waals surface area contributed by atoms with Crippen LogP contribution in [0.1, 0.15) is 20.3 Å². The number of hydrogen-bond donors (Lipinski definition) is 4. The Labute approximate surface area is 153 Å². The van der Waals surface area contributed by atoms with Crippen LogP contribution < -0.4 is 16.0 Å². The first-order valence-corrected chi connectivity index (χ1v) is 8.45. The van der Waals surface area contributed by atoms with Gasteiger partial charge in [0.15, 0.2) is 0 Å². The molecule has 138 valence electrons. The number of carbonyl (C=O) groups excluding carboxylic acids is 3. The molecule has 0 radical (unpaired) electrons. The van der Waals surface area contributed by atoms with Crippen molar-refractivity contribution in [2.24, 2.45) is 5.92 Å². The van der Waals surface area contributed by atoms with Crippen LogP contribution >= 0.6 is 15.9 Å². The molecule has 25 heavy (non-hydrogen) atoms. The van der Waals surface area contributed by atoms with E-state index in [1.165, 1.54) is 12.1 Å². The quantitative estimate of drug-likeness (QED) is 0.483. The average Bonchev–Trinajstić information content (AvgIpc) is 2.54. The van der Waals surface area contributed by atoms with Crippen molar-refractivity contribution in [3.05, 3.63) is 28.5 Å². The number of anilines is 1. The lowest BCUT2D eigenvalue weighted by atomic mass is 10.0. The standard InChI is InChI=1S/C16H21BrFN3O4/c1-9(2)5-14(15(24)19-11(7-22)8-23)21-16(25)20-13-4-3-10(17)6-12(13)18/h3-4,6-7,9,11,14,23H,5,8H2,1-2H3,(H,19,24)(H2,20,21,25)/t11?,14-/m0/s1. The first kappa shape index (κ1) is 21.0. The van der Waals surface area contributed by atoms with E-state index in [4.69, 9.17) is 5.11 Å². The Morgan fingerprint density at radius 1 is 1.32 bits per heavy atom. The molecule has 0 aliphatic heterocycles. The van der Waals surface area contributed by atoms with E-state index in [9.17, 15) is 18.8 Å². The molecule has 9 heteroatoms. The average molecular weight is 418 g/mol. The number of aliphatic hydroxyl groups excluding tert-OH is 1. The SMILES string of the molecule is CC(C)C[C@H](NC(=O)Nc1ccc(Br)cc1F)C(=O)NC(C=O)CO. The summed E-state index contributed by atoms with van der Waals surface area (Å²) in [5, 5.41) is 16.1. The maximum absolute atomic E-state index is 13.8. The Hall–Kier alpha value is -2.00. The zero-order valence-electron chi connectivity index (χ0n) is 13.9. The van der Waals surface area contributed by atoms with Crippen LogP contribution in [0, 0.1) is 11.7 Å². The highest BCUT2D eigenvalue weighted by Gasteiger charge is 2.24. The summed E-state index contributed by atoms with van der Waals surface area (Å²) in [6.45, 7) is 3.18. The maximum Gasteiger partial charge on any atom is 0.319 e. The summed E-state index contributed by atoms with van der Waals surface area (Å²) in [6, 6.07) is 1.40. The molecule has 1 aromatic carbocycles. The van der Waals surface area contributed by atoms with Gasteiger partial charge in [-0.15, -0.1) is 0 Å². The molecule has 0 aromatic heterocycles. The van der Waals surface area contributed by atoms with Crippen LogP contribution in [0.15, 0.2) is 22.7 Å². The van der Waals surface area contributed by atoms with Gasteiger partial charge >= 0.3 is 6.03 Å². The van der Waals surface area contributed by atoms with Crippen LogP contribution in [0.2, 0.25) is 0 Å².